The number of carbonyl (C=O) groups excluding carboxylic acids is 1. The van der Waals surface area contributed by atoms with E-state index in [1.54, 1.807) is 36.7 Å². The van der Waals surface area contributed by atoms with Gasteiger partial charge >= 0.3 is 0 Å². The number of anilines is 2. The minimum absolute atomic E-state index is 0.207. The van der Waals surface area contributed by atoms with Crippen LogP contribution in [-0.4, -0.2) is 10.9 Å². The highest BCUT2D eigenvalue weighted by Gasteiger charge is 2.09. The highest BCUT2D eigenvalue weighted by atomic mass is 35.5. The number of nitrogens with two attached hydrogens (primary N) is 1. The predicted octanol–water partition coefficient (Wildman–Crippen LogP) is 2.88. The Morgan fingerprint density at radius 2 is 2.00 bits per heavy atom. The second kappa shape index (κ2) is 5.06. The van der Waals surface area contributed by atoms with Crippen LogP contribution in [0.1, 0.15) is 15.9 Å². The van der Waals surface area contributed by atoms with Gasteiger partial charge in [0.25, 0.3) is 5.91 Å². The third-order valence-corrected chi connectivity index (χ3v) is 2.86. The highest BCUT2D eigenvalue weighted by Crippen LogP contribution is 2.26. The predicted molar refractivity (Wildman–Crippen MR) is 72.8 cm³/mol. The Morgan fingerprint density at radius 1 is 1.33 bits per heavy atom. The highest BCUT2D eigenvalue weighted by molar-refractivity contribution is 6.33. The van der Waals surface area contributed by atoms with Gasteiger partial charge in [-0.15, -0.1) is 0 Å². The van der Waals surface area contributed by atoms with Gasteiger partial charge in [0.05, 0.1) is 10.7 Å². The van der Waals surface area contributed by atoms with Gasteiger partial charge in [-0.25, -0.2) is 0 Å². The van der Waals surface area contributed by atoms with E-state index in [9.17, 15) is 4.79 Å². The molecule has 1 aromatic carbocycles. The Labute approximate surface area is 110 Å². The molecule has 0 bridgehead atoms. The second-order valence-corrected chi connectivity index (χ2v) is 4.29. The molecule has 0 saturated carbocycles. The van der Waals surface area contributed by atoms with Crippen molar-refractivity contribution in [3.05, 3.63) is 52.8 Å². The summed E-state index contributed by atoms with van der Waals surface area (Å²) in [5.41, 5.74) is 8.22. The van der Waals surface area contributed by atoms with Gasteiger partial charge < -0.3 is 11.1 Å². The van der Waals surface area contributed by atoms with Crippen LogP contribution in [0.15, 0.2) is 36.7 Å². The van der Waals surface area contributed by atoms with Gasteiger partial charge in [0, 0.05) is 23.6 Å². The van der Waals surface area contributed by atoms with Crippen molar-refractivity contribution in [2.45, 2.75) is 6.92 Å². The van der Waals surface area contributed by atoms with Gasteiger partial charge in [-0.3, -0.25) is 9.78 Å². The number of nitrogen functional groups attached to an aromatic ring is 1. The largest absolute Gasteiger partial charge is 0.398 e. The molecule has 0 atom stereocenters. The summed E-state index contributed by atoms with van der Waals surface area (Å²) in [5, 5.41) is 3.21. The number of rotatable bonds is 2. The maximum atomic E-state index is 11.9. The van der Waals surface area contributed by atoms with Crippen LogP contribution in [0, 0.1) is 6.92 Å². The van der Waals surface area contributed by atoms with Gasteiger partial charge in [-0.1, -0.05) is 11.6 Å². The number of halogens is 1. The number of aryl methyl sites for hydroxylation is 1. The van der Waals surface area contributed by atoms with Crippen molar-refractivity contribution in [3.63, 3.8) is 0 Å². The number of nitrogens with zero attached hydrogens (tertiary/aromatic N) is 1. The average Bonchev–Trinajstić information content (AvgIpc) is 2.37. The Balaban J connectivity index is 2.25. The van der Waals surface area contributed by atoms with E-state index >= 15 is 0 Å². The molecule has 18 heavy (non-hydrogen) atoms. The number of benzene rings is 1. The Kier molecular flexibility index (Phi) is 3.48. The molecule has 0 radical (unpaired) electrons. The molecule has 2 rings (SSSR count). The number of carbonyl (C=O) groups is 1. The molecule has 5 heteroatoms. The van der Waals surface area contributed by atoms with E-state index in [2.05, 4.69) is 10.3 Å². The molecule has 0 spiro atoms. The Bertz CT molecular complexity index is 584. The molecule has 0 fully saturated rings. The molecule has 0 aliphatic heterocycles. The summed E-state index contributed by atoms with van der Waals surface area (Å²) in [5.74, 6) is -0.207. The lowest BCUT2D eigenvalue weighted by Crippen LogP contribution is -2.13. The number of nitrogens with one attached hydrogen (secondary N) is 1. The SMILES string of the molecule is Cc1cc(N)c(Cl)cc1NC(=O)c1ccncc1. The fourth-order valence-corrected chi connectivity index (χ4v) is 1.70. The Morgan fingerprint density at radius 3 is 2.67 bits per heavy atom. The number of amides is 1. The van der Waals surface area contributed by atoms with E-state index in [4.69, 9.17) is 17.3 Å². The van der Waals surface area contributed by atoms with E-state index in [0.29, 0.717) is 22.0 Å². The van der Waals surface area contributed by atoms with Gasteiger partial charge in [0.2, 0.25) is 0 Å². The smallest absolute Gasteiger partial charge is 0.255 e. The molecule has 0 saturated heterocycles. The van der Waals surface area contributed by atoms with Crippen LogP contribution >= 0.6 is 11.6 Å². The van der Waals surface area contributed by atoms with Crippen molar-refractivity contribution in [3.8, 4) is 0 Å². The van der Waals surface area contributed by atoms with Crippen molar-refractivity contribution in [2.24, 2.45) is 0 Å². The monoisotopic (exact) mass is 261 g/mol. The quantitative estimate of drug-likeness (QED) is 0.817. The number of aromatic nitrogens is 1. The summed E-state index contributed by atoms with van der Waals surface area (Å²) in [7, 11) is 0. The summed E-state index contributed by atoms with van der Waals surface area (Å²) in [6.07, 6.45) is 3.13. The van der Waals surface area contributed by atoms with E-state index < -0.39 is 0 Å². The van der Waals surface area contributed by atoms with Gasteiger partial charge in [0.15, 0.2) is 0 Å². The second-order valence-electron chi connectivity index (χ2n) is 3.88. The van der Waals surface area contributed by atoms with E-state index in [0.717, 1.165) is 5.56 Å². The van der Waals surface area contributed by atoms with Crippen LogP contribution < -0.4 is 11.1 Å². The third-order valence-electron chi connectivity index (χ3n) is 2.53. The van der Waals surface area contributed by atoms with E-state index in [1.807, 2.05) is 6.92 Å². The molecule has 1 aromatic heterocycles. The molecule has 0 aliphatic carbocycles. The fourth-order valence-electron chi connectivity index (χ4n) is 1.54. The van der Waals surface area contributed by atoms with Gasteiger partial charge in [-0.05, 0) is 36.8 Å². The van der Waals surface area contributed by atoms with Gasteiger partial charge in [-0.2, -0.15) is 0 Å². The zero-order valence-electron chi connectivity index (χ0n) is 9.77. The lowest BCUT2D eigenvalue weighted by molar-refractivity contribution is 0.102. The molecular formula is C13H12ClN3O. The van der Waals surface area contributed by atoms with Crippen molar-refractivity contribution < 1.29 is 4.79 Å². The molecule has 4 nitrogen and oxygen atoms in total. The molecule has 1 amide bonds. The first kappa shape index (κ1) is 12.4. The van der Waals surface area contributed by atoms with Crippen molar-refractivity contribution in [1.82, 2.24) is 4.98 Å². The third kappa shape index (κ3) is 2.60. The molecule has 2 aromatic rings. The average molecular weight is 262 g/mol. The minimum Gasteiger partial charge on any atom is -0.398 e. The molecule has 1 heterocycles. The van der Waals surface area contributed by atoms with Crippen LogP contribution in [0.5, 0.6) is 0 Å². The van der Waals surface area contributed by atoms with Crippen LogP contribution in [0.3, 0.4) is 0 Å². The standard InChI is InChI=1S/C13H12ClN3O/c1-8-6-11(15)10(14)7-12(8)17-13(18)9-2-4-16-5-3-9/h2-7H,15H2,1H3,(H,17,18). The maximum Gasteiger partial charge on any atom is 0.255 e. The summed E-state index contributed by atoms with van der Waals surface area (Å²) >= 11 is 5.93. The van der Waals surface area contributed by atoms with Crippen LogP contribution in [-0.2, 0) is 0 Å². The van der Waals surface area contributed by atoms with E-state index in [1.165, 1.54) is 0 Å². The molecule has 0 unspecified atom stereocenters. The first-order chi connectivity index (χ1) is 8.58. The van der Waals surface area contributed by atoms with Crippen molar-refractivity contribution in [1.29, 1.82) is 0 Å². The number of hydrogen-bond donors (Lipinski definition) is 2. The zero-order valence-corrected chi connectivity index (χ0v) is 10.5. The van der Waals surface area contributed by atoms with E-state index in [-0.39, 0.29) is 5.91 Å². The number of hydrogen-bond acceptors (Lipinski definition) is 3. The summed E-state index contributed by atoms with van der Waals surface area (Å²) < 4.78 is 0. The van der Waals surface area contributed by atoms with Gasteiger partial charge in [0.1, 0.15) is 0 Å². The minimum atomic E-state index is -0.207. The first-order valence-corrected chi connectivity index (χ1v) is 5.72. The first-order valence-electron chi connectivity index (χ1n) is 5.35. The fraction of sp³-hybridized carbons (Fsp3) is 0.0769. The normalized spacial score (nSPS) is 10.1. The topological polar surface area (TPSA) is 68.0 Å². The maximum absolute atomic E-state index is 11.9. The van der Waals surface area contributed by atoms with Crippen LogP contribution in [0.4, 0.5) is 11.4 Å². The lowest BCUT2D eigenvalue weighted by atomic mass is 10.1. The lowest BCUT2D eigenvalue weighted by Gasteiger charge is -2.10. The molecule has 3 N–H and O–H groups in total. The van der Waals surface area contributed by atoms with Crippen molar-refractivity contribution in [2.75, 3.05) is 11.1 Å². The Hall–Kier alpha value is -2.07. The zero-order chi connectivity index (χ0) is 13.1. The van der Waals surface area contributed by atoms with Crippen LogP contribution in [0.25, 0.3) is 0 Å². The van der Waals surface area contributed by atoms with Crippen LogP contribution in [0.2, 0.25) is 5.02 Å². The molecule has 0 aliphatic rings. The summed E-state index contributed by atoms with van der Waals surface area (Å²) in [6.45, 7) is 1.86. The summed E-state index contributed by atoms with van der Waals surface area (Å²) in [4.78, 5) is 15.8. The summed E-state index contributed by atoms with van der Waals surface area (Å²) in [6, 6.07) is 6.66. The number of pyridine rings is 1. The van der Waals surface area contributed by atoms with Crippen molar-refractivity contribution >= 4 is 28.9 Å². The molecule has 92 valence electrons. The molecular weight excluding hydrogens is 250 g/mol.